The lowest BCUT2D eigenvalue weighted by Crippen LogP contribution is -2.22. The molecular formula is C13H15NO. The van der Waals surface area contributed by atoms with Gasteiger partial charge in [-0.3, -0.25) is 4.79 Å². The van der Waals surface area contributed by atoms with Crippen molar-refractivity contribution in [3.05, 3.63) is 47.2 Å². The van der Waals surface area contributed by atoms with E-state index in [0.717, 1.165) is 25.0 Å². The van der Waals surface area contributed by atoms with Crippen LogP contribution < -0.4 is 5.32 Å². The van der Waals surface area contributed by atoms with E-state index in [9.17, 15) is 4.79 Å². The van der Waals surface area contributed by atoms with E-state index in [4.69, 9.17) is 0 Å². The molecular weight excluding hydrogens is 186 g/mol. The van der Waals surface area contributed by atoms with Crippen molar-refractivity contribution in [1.82, 2.24) is 5.32 Å². The molecule has 2 aliphatic carbocycles. The Hall–Kier alpha value is -1.57. The Morgan fingerprint density at radius 2 is 2.27 bits per heavy atom. The number of carbonyl (C=O) groups is 1. The third kappa shape index (κ3) is 2.27. The Bertz CT molecular complexity index is 397. The summed E-state index contributed by atoms with van der Waals surface area (Å²) in [5, 5.41) is 2.89. The van der Waals surface area contributed by atoms with E-state index < -0.39 is 0 Å². The first-order valence-corrected chi connectivity index (χ1v) is 5.31. The highest BCUT2D eigenvalue weighted by Crippen LogP contribution is 2.28. The van der Waals surface area contributed by atoms with Crippen molar-refractivity contribution in [1.29, 1.82) is 0 Å². The minimum absolute atomic E-state index is 0.000561. The van der Waals surface area contributed by atoms with Crippen molar-refractivity contribution in [3.63, 3.8) is 0 Å². The molecule has 2 heteroatoms. The molecule has 0 heterocycles. The molecule has 15 heavy (non-hydrogen) atoms. The average molecular weight is 201 g/mol. The summed E-state index contributed by atoms with van der Waals surface area (Å²) >= 11 is 0. The topological polar surface area (TPSA) is 29.1 Å². The number of rotatable bonds is 1. The van der Waals surface area contributed by atoms with E-state index in [0.29, 0.717) is 0 Å². The van der Waals surface area contributed by atoms with Gasteiger partial charge in [-0.15, -0.1) is 0 Å². The van der Waals surface area contributed by atoms with Crippen LogP contribution in [0, 0.1) is 0 Å². The van der Waals surface area contributed by atoms with Gasteiger partial charge in [0, 0.05) is 12.6 Å². The molecule has 0 radical (unpaired) electrons. The van der Waals surface area contributed by atoms with Crippen LogP contribution in [-0.2, 0) is 4.79 Å². The molecule has 1 N–H and O–H groups in total. The van der Waals surface area contributed by atoms with Crippen molar-refractivity contribution in [2.24, 2.45) is 0 Å². The number of hydrogen-bond donors (Lipinski definition) is 1. The summed E-state index contributed by atoms with van der Waals surface area (Å²) < 4.78 is 0. The fourth-order valence-corrected chi connectivity index (χ4v) is 1.99. The van der Waals surface area contributed by atoms with Crippen molar-refractivity contribution >= 4 is 5.91 Å². The second-order valence-corrected chi connectivity index (χ2v) is 3.85. The monoisotopic (exact) mass is 201 g/mol. The Kier molecular flexibility index (Phi) is 2.86. The molecule has 0 aliphatic heterocycles. The van der Waals surface area contributed by atoms with Gasteiger partial charge in [0.05, 0.1) is 0 Å². The van der Waals surface area contributed by atoms with Gasteiger partial charge in [-0.05, 0) is 24.8 Å². The van der Waals surface area contributed by atoms with Crippen LogP contribution in [-0.4, -0.2) is 5.91 Å². The molecule has 0 saturated heterocycles. The number of nitrogens with one attached hydrogen (secondary N) is 1. The number of amides is 1. The Morgan fingerprint density at radius 1 is 1.40 bits per heavy atom. The highest BCUT2D eigenvalue weighted by molar-refractivity contribution is 5.76. The van der Waals surface area contributed by atoms with Crippen LogP contribution in [0.25, 0.3) is 0 Å². The second kappa shape index (κ2) is 4.30. The average Bonchev–Trinajstić information content (AvgIpc) is 2.42. The summed E-state index contributed by atoms with van der Waals surface area (Å²) in [6.45, 7) is 1.55. The zero-order chi connectivity index (χ0) is 10.7. The Labute approximate surface area is 90.1 Å². The van der Waals surface area contributed by atoms with Crippen molar-refractivity contribution in [3.8, 4) is 0 Å². The summed E-state index contributed by atoms with van der Waals surface area (Å²) in [6, 6.07) is 0. The van der Waals surface area contributed by atoms with E-state index in [1.807, 2.05) is 6.08 Å². The third-order valence-electron chi connectivity index (χ3n) is 2.65. The lowest BCUT2D eigenvalue weighted by molar-refractivity contribution is -0.118. The molecule has 1 amide bonds. The minimum Gasteiger partial charge on any atom is -0.326 e. The molecule has 0 aromatic rings. The van der Waals surface area contributed by atoms with E-state index >= 15 is 0 Å². The van der Waals surface area contributed by atoms with Gasteiger partial charge in [-0.25, -0.2) is 0 Å². The largest absolute Gasteiger partial charge is 0.326 e. The molecule has 0 bridgehead atoms. The highest BCUT2D eigenvalue weighted by Gasteiger charge is 2.14. The Balaban J connectivity index is 2.29. The second-order valence-electron chi connectivity index (χ2n) is 3.85. The van der Waals surface area contributed by atoms with Crippen LogP contribution in [0.2, 0.25) is 0 Å². The normalized spacial score (nSPS) is 19.4. The minimum atomic E-state index is 0.000561. The van der Waals surface area contributed by atoms with Gasteiger partial charge in [0.25, 0.3) is 0 Å². The van der Waals surface area contributed by atoms with Crippen LogP contribution in [0.5, 0.6) is 0 Å². The van der Waals surface area contributed by atoms with Gasteiger partial charge in [-0.1, -0.05) is 36.0 Å². The van der Waals surface area contributed by atoms with Gasteiger partial charge >= 0.3 is 0 Å². The first-order valence-electron chi connectivity index (χ1n) is 5.31. The molecule has 0 unspecified atom stereocenters. The predicted molar refractivity (Wildman–Crippen MR) is 61.1 cm³/mol. The van der Waals surface area contributed by atoms with Crippen molar-refractivity contribution in [2.75, 3.05) is 0 Å². The number of allylic oxidation sites excluding steroid dienone is 6. The van der Waals surface area contributed by atoms with E-state index in [2.05, 4.69) is 29.6 Å². The molecule has 78 valence electrons. The maximum absolute atomic E-state index is 11.1. The molecule has 0 atom stereocenters. The standard InChI is InChI=1S/C13H15NO/c1-10(15)14-13-9-5-7-11-6-3-2-4-8-12(11)13/h2-4,8-9H,5-7H2,1H3,(H,14,15). The summed E-state index contributed by atoms with van der Waals surface area (Å²) in [5.41, 5.74) is 3.59. The van der Waals surface area contributed by atoms with Crippen LogP contribution in [0.4, 0.5) is 0 Å². The zero-order valence-electron chi connectivity index (χ0n) is 8.92. The lowest BCUT2D eigenvalue weighted by atomic mass is 9.93. The highest BCUT2D eigenvalue weighted by atomic mass is 16.1. The number of hydrogen-bond acceptors (Lipinski definition) is 1. The zero-order valence-corrected chi connectivity index (χ0v) is 8.92. The van der Waals surface area contributed by atoms with E-state index in [-0.39, 0.29) is 5.91 Å². The first kappa shape index (κ1) is 9.97. The van der Waals surface area contributed by atoms with Crippen LogP contribution in [0.3, 0.4) is 0 Å². The smallest absolute Gasteiger partial charge is 0.221 e. The Morgan fingerprint density at radius 3 is 3.07 bits per heavy atom. The fraction of sp³-hybridized carbons (Fsp3) is 0.308. The van der Waals surface area contributed by atoms with Crippen LogP contribution in [0.15, 0.2) is 47.2 Å². The molecule has 0 spiro atoms. The summed E-state index contributed by atoms with van der Waals surface area (Å²) in [5.74, 6) is 0.000561. The van der Waals surface area contributed by atoms with Gasteiger partial charge < -0.3 is 5.32 Å². The molecule has 0 aromatic carbocycles. The van der Waals surface area contributed by atoms with Gasteiger partial charge in [0.2, 0.25) is 5.91 Å². The number of carbonyl (C=O) groups excluding carboxylic acids is 1. The maximum Gasteiger partial charge on any atom is 0.221 e. The summed E-state index contributed by atoms with van der Waals surface area (Å²) in [7, 11) is 0. The van der Waals surface area contributed by atoms with E-state index in [1.54, 1.807) is 6.92 Å². The SMILES string of the molecule is CC(=O)NC1=CCCC2=C1C=CC=CC2. The van der Waals surface area contributed by atoms with Gasteiger partial charge in [0.15, 0.2) is 0 Å². The van der Waals surface area contributed by atoms with Crippen LogP contribution in [0.1, 0.15) is 26.2 Å². The van der Waals surface area contributed by atoms with Crippen molar-refractivity contribution < 1.29 is 4.79 Å². The fourth-order valence-electron chi connectivity index (χ4n) is 1.99. The summed E-state index contributed by atoms with van der Waals surface area (Å²) in [4.78, 5) is 11.1. The molecule has 0 saturated carbocycles. The quantitative estimate of drug-likeness (QED) is 0.694. The first-order chi connectivity index (χ1) is 7.27. The van der Waals surface area contributed by atoms with E-state index in [1.165, 1.54) is 11.1 Å². The maximum atomic E-state index is 11.1. The predicted octanol–water partition coefficient (Wildman–Crippen LogP) is 2.61. The molecule has 0 aromatic heterocycles. The third-order valence-corrected chi connectivity index (χ3v) is 2.65. The summed E-state index contributed by atoms with van der Waals surface area (Å²) in [6.07, 6.45) is 13.6. The molecule has 2 rings (SSSR count). The van der Waals surface area contributed by atoms with Gasteiger partial charge in [0.1, 0.15) is 0 Å². The molecule has 2 aliphatic rings. The lowest BCUT2D eigenvalue weighted by Gasteiger charge is -2.18. The van der Waals surface area contributed by atoms with Crippen LogP contribution >= 0.6 is 0 Å². The van der Waals surface area contributed by atoms with Crippen molar-refractivity contribution in [2.45, 2.75) is 26.2 Å². The van der Waals surface area contributed by atoms with Gasteiger partial charge in [-0.2, -0.15) is 0 Å². The molecule has 0 fully saturated rings. The molecule has 2 nitrogen and oxygen atoms in total.